The van der Waals surface area contributed by atoms with Crippen LogP contribution in [0, 0.1) is 0 Å². The third-order valence-electron chi connectivity index (χ3n) is 3.84. The van der Waals surface area contributed by atoms with Crippen LogP contribution in [0.25, 0.3) is 0 Å². The van der Waals surface area contributed by atoms with E-state index in [0.717, 1.165) is 17.4 Å². The summed E-state index contributed by atoms with van der Waals surface area (Å²) in [7, 11) is 0. The van der Waals surface area contributed by atoms with Gasteiger partial charge in [0.1, 0.15) is 0 Å². The van der Waals surface area contributed by atoms with Gasteiger partial charge in [-0.15, -0.1) is 0 Å². The molecule has 2 aliphatic rings. The van der Waals surface area contributed by atoms with Crippen molar-refractivity contribution >= 4 is 33.4 Å². The summed E-state index contributed by atoms with van der Waals surface area (Å²) in [5, 5.41) is 0. The second kappa shape index (κ2) is 5.39. The molecule has 0 saturated carbocycles. The monoisotopic (exact) mass is 355 g/mol. The van der Waals surface area contributed by atoms with Crippen LogP contribution in [0.1, 0.15) is 11.1 Å². The van der Waals surface area contributed by atoms with E-state index >= 15 is 0 Å². The van der Waals surface area contributed by atoms with Crippen LogP contribution in [-0.2, 0) is 6.42 Å². The van der Waals surface area contributed by atoms with Gasteiger partial charge in [-0.1, -0.05) is 45.9 Å². The quantitative estimate of drug-likeness (QED) is 0.575. The largest absolute Gasteiger partial charge is 0.344 e. The highest BCUT2D eigenvalue weighted by molar-refractivity contribution is 9.10. The molecule has 2 aliphatic heterocycles. The number of halogens is 1. The van der Waals surface area contributed by atoms with E-state index in [1.54, 1.807) is 0 Å². The van der Waals surface area contributed by atoms with Crippen molar-refractivity contribution in [2.75, 3.05) is 11.4 Å². The Morgan fingerprint density at radius 2 is 2.00 bits per heavy atom. The molecule has 0 spiro atoms. The van der Waals surface area contributed by atoms with Crippen molar-refractivity contribution in [3.05, 3.63) is 76.4 Å². The van der Waals surface area contributed by atoms with Gasteiger partial charge in [0.15, 0.2) is 0 Å². The van der Waals surface area contributed by atoms with Crippen molar-refractivity contribution in [2.24, 2.45) is 0 Å². The summed E-state index contributed by atoms with van der Waals surface area (Å²) in [6.07, 6.45) is 9.56. The van der Waals surface area contributed by atoms with Crippen LogP contribution < -0.4 is 4.90 Å². The molecule has 0 atom stereocenters. The van der Waals surface area contributed by atoms with E-state index in [2.05, 4.69) is 81.7 Å². The Morgan fingerprint density at radius 1 is 1.05 bits per heavy atom. The number of anilines is 1. The molecule has 0 saturated heterocycles. The lowest BCUT2D eigenvalue weighted by Gasteiger charge is -2.28. The van der Waals surface area contributed by atoms with E-state index in [-0.39, 0.29) is 0 Å². The molecule has 0 N–H and O–H groups in total. The number of fused-ring (bicyclic) bond motifs is 2. The van der Waals surface area contributed by atoms with E-state index in [1.165, 1.54) is 26.6 Å². The Kier molecular flexibility index (Phi) is 3.40. The molecule has 2 heterocycles. The predicted molar refractivity (Wildman–Crippen MR) is 93.1 cm³/mol. The van der Waals surface area contributed by atoms with Crippen LogP contribution in [0.2, 0.25) is 0 Å². The molecule has 0 aliphatic carbocycles. The molecule has 104 valence electrons. The van der Waals surface area contributed by atoms with Gasteiger partial charge in [-0.3, -0.25) is 0 Å². The van der Waals surface area contributed by atoms with E-state index in [1.807, 2.05) is 11.8 Å². The minimum Gasteiger partial charge on any atom is -0.344 e. The maximum Gasteiger partial charge on any atom is 0.0456 e. The average molecular weight is 356 g/mol. The van der Waals surface area contributed by atoms with Gasteiger partial charge in [0.2, 0.25) is 0 Å². The van der Waals surface area contributed by atoms with Gasteiger partial charge < -0.3 is 4.90 Å². The first kappa shape index (κ1) is 13.2. The van der Waals surface area contributed by atoms with Gasteiger partial charge in [-0.05, 0) is 47.5 Å². The molecule has 0 unspecified atom stereocenters. The van der Waals surface area contributed by atoms with Gasteiger partial charge >= 0.3 is 0 Å². The van der Waals surface area contributed by atoms with Crippen molar-refractivity contribution < 1.29 is 0 Å². The second-order valence-corrected chi connectivity index (χ2v) is 7.21. The molecule has 0 amide bonds. The fourth-order valence-electron chi connectivity index (χ4n) is 2.84. The van der Waals surface area contributed by atoms with Crippen LogP contribution in [-0.4, -0.2) is 6.54 Å². The van der Waals surface area contributed by atoms with Crippen LogP contribution in [0.4, 0.5) is 5.69 Å². The zero-order valence-electron chi connectivity index (χ0n) is 11.4. The summed E-state index contributed by atoms with van der Waals surface area (Å²) >= 11 is 5.47. The SMILES string of the molecule is Brc1ccc2c(c1)Cc1c(cccc1N1C=CC=CC1)S2. The van der Waals surface area contributed by atoms with Gasteiger partial charge in [0, 0.05) is 39.1 Å². The lowest BCUT2D eigenvalue weighted by Crippen LogP contribution is -2.20. The predicted octanol–water partition coefficient (Wildman–Crippen LogP) is 5.39. The van der Waals surface area contributed by atoms with Crippen molar-refractivity contribution in [3.8, 4) is 0 Å². The number of hydrogen-bond acceptors (Lipinski definition) is 2. The Morgan fingerprint density at radius 3 is 2.86 bits per heavy atom. The zero-order valence-corrected chi connectivity index (χ0v) is 13.8. The van der Waals surface area contributed by atoms with E-state index in [0.29, 0.717) is 0 Å². The average Bonchev–Trinajstić information content (AvgIpc) is 2.53. The smallest absolute Gasteiger partial charge is 0.0456 e. The molecular weight excluding hydrogens is 342 g/mol. The van der Waals surface area contributed by atoms with Crippen molar-refractivity contribution in [3.63, 3.8) is 0 Å². The molecule has 3 heteroatoms. The Hall–Kier alpha value is -1.45. The molecule has 4 rings (SSSR count). The minimum absolute atomic E-state index is 0.947. The highest BCUT2D eigenvalue weighted by Crippen LogP contribution is 2.43. The molecule has 0 fully saturated rings. The molecule has 0 radical (unpaired) electrons. The molecule has 2 aromatic carbocycles. The van der Waals surface area contributed by atoms with Gasteiger partial charge in [0.05, 0.1) is 0 Å². The molecule has 0 bridgehead atoms. The first-order valence-corrected chi connectivity index (χ1v) is 8.60. The summed E-state index contributed by atoms with van der Waals surface area (Å²) in [5.74, 6) is 0. The first-order chi connectivity index (χ1) is 10.3. The molecule has 0 aromatic heterocycles. The topological polar surface area (TPSA) is 3.24 Å². The molecule has 1 nitrogen and oxygen atoms in total. The first-order valence-electron chi connectivity index (χ1n) is 6.99. The molecule has 21 heavy (non-hydrogen) atoms. The third-order valence-corrected chi connectivity index (χ3v) is 5.56. The normalized spacial score (nSPS) is 15.8. The van der Waals surface area contributed by atoms with Gasteiger partial charge in [0.25, 0.3) is 0 Å². The zero-order chi connectivity index (χ0) is 14.2. The van der Waals surface area contributed by atoms with E-state index in [4.69, 9.17) is 0 Å². The van der Waals surface area contributed by atoms with Crippen molar-refractivity contribution in [2.45, 2.75) is 16.2 Å². The number of rotatable bonds is 1. The van der Waals surface area contributed by atoms with E-state index < -0.39 is 0 Å². The Bertz CT molecular complexity index is 764. The van der Waals surface area contributed by atoms with Crippen LogP contribution >= 0.6 is 27.7 Å². The van der Waals surface area contributed by atoms with E-state index in [9.17, 15) is 0 Å². The maximum atomic E-state index is 3.59. The lowest BCUT2D eigenvalue weighted by molar-refractivity contribution is 0.996. The van der Waals surface area contributed by atoms with Gasteiger partial charge in [-0.25, -0.2) is 0 Å². The lowest BCUT2D eigenvalue weighted by atomic mass is 10.0. The van der Waals surface area contributed by atoms with Gasteiger partial charge in [-0.2, -0.15) is 0 Å². The minimum atomic E-state index is 0.947. The Labute approximate surface area is 137 Å². The summed E-state index contributed by atoms with van der Waals surface area (Å²) in [5.41, 5.74) is 4.17. The maximum absolute atomic E-state index is 3.59. The van der Waals surface area contributed by atoms with Crippen LogP contribution in [0.3, 0.4) is 0 Å². The summed E-state index contributed by atoms with van der Waals surface area (Å²) in [6, 6.07) is 13.2. The molecule has 2 aromatic rings. The number of allylic oxidation sites excluding steroid dienone is 2. The number of benzene rings is 2. The standard InChI is InChI=1S/C18H14BrNS/c19-14-7-8-17-13(11-14)12-15-16(5-4-6-18(15)21-17)20-9-2-1-3-10-20/h1-9,11H,10,12H2. The fourth-order valence-corrected chi connectivity index (χ4v) is 4.33. The number of hydrogen-bond donors (Lipinski definition) is 0. The summed E-state index contributed by atoms with van der Waals surface area (Å²) < 4.78 is 1.16. The highest BCUT2D eigenvalue weighted by Gasteiger charge is 2.20. The fraction of sp³-hybridized carbons (Fsp3) is 0.111. The van der Waals surface area contributed by atoms with Crippen LogP contribution in [0.5, 0.6) is 0 Å². The second-order valence-electron chi connectivity index (χ2n) is 5.21. The summed E-state index contributed by atoms with van der Waals surface area (Å²) in [6.45, 7) is 0.947. The Balaban J connectivity index is 1.78. The van der Waals surface area contributed by atoms with Crippen molar-refractivity contribution in [1.29, 1.82) is 0 Å². The molecular formula is C18H14BrNS. The summed E-state index contributed by atoms with van der Waals surface area (Å²) in [4.78, 5) is 5.07. The third kappa shape index (κ3) is 2.45. The van der Waals surface area contributed by atoms with Crippen LogP contribution in [0.15, 0.2) is 75.1 Å². The van der Waals surface area contributed by atoms with Crippen molar-refractivity contribution in [1.82, 2.24) is 0 Å². The highest BCUT2D eigenvalue weighted by atomic mass is 79.9. The number of nitrogens with zero attached hydrogens (tertiary/aromatic N) is 1.